The Morgan fingerprint density at radius 1 is 1.50 bits per heavy atom. The molecule has 16 heavy (non-hydrogen) atoms. The summed E-state index contributed by atoms with van der Waals surface area (Å²) in [4.78, 5) is 11.7. The monoisotopic (exact) mass is 254 g/mol. The number of ketones is 1. The Labute approximate surface area is 93.8 Å². The van der Waals surface area contributed by atoms with Gasteiger partial charge in [0.2, 0.25) is 5.78 Å². The van der Waals surface area contributed by atoms with Crippen LogP contribution in [0.3, 0.4) is 0 Å². The summed E-state index contributed by atoms with van der Waals surface area (Å²) in [6.45, 7) is -2.02. The predicted octanol–water partition coefficient (Wildman–Crippen LogP) is 2.52. The van der Waals surface area contributed by atoms with Crippen molar-refractivity contribution in [3.8, 4) is 5.75 Å². The second-order valence-corrected chi connectivity index (χ2v) is 3.77. The zero-order valence-electron chi connectivity index (χ0n) is 8.34. The third kappa shape index (κ3) is 3.82. The van der Waals surface area contributed by atoms with Crippen molar-refractivity contribution in [3.63, 3.8) is 0 Å². The number of alkyl halides is 3. The summed E-state index contributed by atoms with van der Waals surface area (Å²) in [5.41, 5.74) is 0. The van der Waals surface area contributed by atoms with E-state index in [2.05, 4.69) is 4.74 Å². The molecule has 0 amide bonds. The number of rotatable bonds is 5. The van der Waals surface area contributed by atoms with Crippen molar-refractivity contribution >= 4 is 17.1 Å². The minimum Gasteiger partial charge on any atom is -0.495 e. The number of thiophene rings is 1. The van der Waals surface area contributed by atoms with E-state index in [9.17, 15) is 18.0 Å². The molecule has 0 N–H and O–H groups in total. The fourth-order valence-corrected chi connectivity index (χ4v) is 1.77. The molecule has 7 heteroatoms. The van der Waals surface area contributed by atoms with Gasteiger partial charge in [0, 0.05) is 0 Å². The molecule has 0 bridgehead atoms. The van der Waals surface area contributed by atoms with Gasteiger partial charge in [0.05, 0.1) is 7.11 Å². The fourth-order valence-electron chi connectivity index (χ4n) is 0.987. The molecule has 1 rings (SSSR count). The minimum atomic E-state index is -4.42. The maximum absolute atomic E-state index is 11.7. The third-order valence-corrected chi connectivity index (χ3v) is 2.54. The Balaban J connectivity index is 2.47. The van der Waals surface area contributed by atoms with E-state index in [0.29, 0.717) is 5.75 Å². The Kier molecular flexibility index (Phi) is 4.31. The number of hydrogen-bond acceptors (Lipinski definition) is 4. The standard InChI is InChI=1S/C9H9F3O3S/c1-14-7-2-3-16-8(7)6(13)4-15-5-9(10,11)12/h2-3H,4-5H2,1H3. The molecule has 0 aliphatic carbocycles. The van der Waals surface area contributed by atoms with Gasteiger partial charge in [-0.1, -0.05) is 0 Å². The highest BCUT2D eigenvalue weighted by molar-refractivity contribution is 7.12. The van der Waals surface area contributed by atoms with E-state index < -0.39 is 25.2 Å². The lowest BCUT2D eigenvalue weighted by Gasteiger charge is -2.06. The summed E-state index contributed by atoms with van der Waals surface area (Å²) < 4.78 is 44.3. The van der Waals surface area contributed by atoms with Gasteiger partial charge < -0.3 is 9.47 Å². The van der Waals surface area contributed by atoms with Gasteiger partial charge >= 0.3 is 6.18 Å². The van der Waals surface area contributed by atoms with E-state index >= 15 is 0 Å². The van der Waals surface area contributed by atoms with E-state index in [0.717, 1.165) is 11.3 Å². The summed E-state index contributed by atoms with van der Waals surface area (Å²) in [7, 11) is 1.38. The highest BCUT2D eigenvalue weighted by Gasteiger charge is 2.28. The molecule has 0 spiro atoms. The molecule has 0 fully saturated rings. The van der Waals surface area contributed by atoms with Gasteiger partial charge in [-0.05, 0) is 11.4 Å². The normalized spacial score (nSPS) is 11.5. The number of Topliss-reactive ketones (excluding diaryl/α,β-unsaturated/α-hetero) is 1. The lowest BCUT2D eigenvalue weighted by Crippen LogP contribution is -2.20. The smallest absolute Gasteiger partial charge is 0.411 e. The predicted molar refractivity (Wildman–Crippen MR) is 52.1 cm³/mol. The van der Waals surface area contributed by atoms with Gasteiger partial charge in [-0.2, -0.15) is 13.2 Å². The van der Waals surface area contributed by atoms with Crippen molar-refractivity contribution in [2.45, 2.75) is 6.18 Å². The first-order chi connectivity index (χ1) is 7.44. The van der Waals surface area contributed by atoms with Gasteiger partial charge in [0.15, 0.2) is 0 Å². The molecular weight excluding hydrogens is 245 g/mol. The maximum Gasteiger partial charge on any atom is 0.411 e. The van der Waals surface area contributed by atoms with Crippen molar-refractivity contribution in [3.05, 3.63) is 16.3 Å². The molecule has 0 radical (unpaired) electrons. The topological polar surface area (TPSA) is 35.5 Å². The summed E-state index contributed by atoms with van der Waals surface area (Å²) >= 11 is 1.10. The number of carbonyl (C=O) groups excluding carboxylic acids is 1. The molecule has 1 aromatic heterocycles. The highest BCUT2D eigenvalue weighted by Crippen LogP contribution is 2.25. The quantitative estimate of drug-likeness (QED) is 0.757. The van der Waals surface area contributed by atoms with Crippen LogP contribution in [0.4, 0.5) is 13.2 Å². The summed E-state index contributed by atoms with van der Waals surface area (Å²) in [5.74, 6) is -0.165. The molecule has 0 atom stereocenters. The molecule has 1 aromatic rings. The molecule has 0 aliphatic rings. The molecule has 3 nitrogen and oxygen atoms in total. The molecule has 0 saturated carbocycles. The molecule has 0 aromatic carbocycles. The van der Waals surface area contributed by atoms with Crippen molar-refractivity contribution < 1.29 is 27.4 Å². The molecule has 90 valence electrons. The van der Waals surface area contributed by atoms with E-state index in [4.69, 9.17) is 4.74 Å². The zero-order valence-corrected chi connectivity index (χ0v) is 9.15. The van der Waals surface area contributed by atoms with E-state index in [1.54, 1.807) is 11.4 Å². The van der Waals surface area contributed by atoms with Crippen molar-refractivity contribution in [1.29, 1.82) is 0 Å². The van der Waals surface area contributed by atoms with Crippen LogP contribution in [-0.2, 0) is 4.74 Å². The average molecular weight is 254 g/mol. The number of halogens is 3. The van der Waals surface area contributed by atoms with Crippen LogP contribution in [0.25, 0.3) is 0 Å². The van der Waals surface area contributed by atoms with Gasteiger partial charge in [0.1, 0.15) is 23.8 Å². The van der Waals surface area contributed by atoms with Gasteiger partial charge in [0.25, 0.3) is 0 Å². The number of ether oxygens (including phenoxy) is 2. The summed E-state index contributed by atoms with van der Waals surface area (Å²) in [5, 5.41) is 1.62. The average Bonchev–Trinajstić information content (AvgIpc) is 2.63. The molecule has 0 unspecified atom stereocenters. The Morgan fingerprint density at radius 2 is 2.19 bits per heavy atom. The lowest BCUT2D eigenvalue weighted by atomic mass is 10.3. The van der Waals surface area contributed by atoms with Crippen molar-refractivity contribution in [2.24, 2.45) is 0 Å². The zero-order chi connectivity index (χ0) is 12.2. The minimum absolute atomic E-state index is 0.268. The molecule has 0 saturated heterocycles. The maximum atomic E-state index is 11.7. The van der Waals surface area contributed by atoms with Crippen LogP contribution in [0.1, 0.15) is 9.67 Å². The van der Waals surface area contributed by atoms with Gasteiger partial charge in [-0.25, -0.2) is 0 Å². The van der Waals surface area contributed by atoms with Crippen molar-refractivity contribution in [2.75, 3.05) is 20.3 Å². The third-order valence-electron chi connectivity index (χ3n) is 1.60. The van der Waals surface area contributed by atoms with Crippen LogP contribution in [-0.4, -0.2) is 32.3 Å². The second-order valence-electron chi connectivity index (χ2n) is 2.85. The van der Waals surface area contributed by atoms with Crippen LogP contribution in [0.15, 0.2) is 11.4 Å². The van der Waals surface area contributed by atoms with E-state index in [-0.39, 0.29) is 4.88 Å². The first kappa shape index (κ1) is 13.0. The number of methoxy groups -OCH3 is 1. The van der Waals surface area contributed by atoms with Crippen LogP contribution in [0, 0.1) is 0 Å². The Hall–Kier alpha value is -1.08. The molecule has 0 aliphatic heterocycles. The Morgan fingerprint density at radius 3 is 2.75 bits per heavy atom. The lowest BCUT2D eigenvalue weighted by molar-refractivity contribution is -0.170. The fraction of sp³-hybridized carbons (Fsp3) is 0.444. The van der Waals surface area contributed by atoms with E-state index in [1.165, 1.54) is 7.11 Å². The molecular formula is C9H9F3O3S. The highest BCUT2D eigenvalue weighted by atomic mass is 32.1. The van der Waals surface area contributed by atoms with Crippen molar-refractivity contribution in [1.82, 2.24) is 0 Å². The SMILES string of the molecule is COc1ccsc1C(=O)COCC(F)(F)F. The van der Waals surface area contributed by atoms with Crippen LogP contribution in [0.2, 0.25) is 0 Å². The molecule has 1 heterocycles. The van der Waals surface area contributed by atoms with Crippen LogP contribution >= 0.6 is 11.3 Å². The first-order valence-electron chi connectivity index (χ1n) is 4.23. The Bertz CT molecular complexity index is 359. The van der Waals surface area contributed by atoms with Crippen LogP contribution < -0.4 is 4.74 Å². The summed E-state index contributed by atoms with van der Waals surface area (Å²) in [6, 6.07) is 1.57. The summed E-state index contributed by atoms with van der Waals surface area (Å²) in [6.07, 6.45) is -4.42. The van der Waals surface area contributed by atoms with Gasteiger partial charge in [-0.15, -0.1) is 11.3 Å². The first-order valence-corrected chi connectivity index (χ1v) is 5.11. The number of hydrogen-bond donors (Lipinski definition) is 0. The van der Waals surface area contributed by atoms with Crippen LogP contribution in [0.5, 0.6) is 5.75 Å². The van der Waals surface area contributed by atoms with Gasteiger partial charge in [-0.3, -0.25) is 4.79 Å². The largest absolute Gasteiger partial charge is 0.495 e. The number of carbonyl (C=O) groups is 1. The van der Waals surface area contributed by atoms with E-state index in [1.807, 2.05) is 0 Å². The second kappa shape index (κ2) is 5.31.